The fourth-order valence-corrected chi connectivity index (χ4v) is 4.45. The Balaban J connectivity index is 1.27. The third-order valence-corrected chi connectivity index (χ3v) is 6.23. The van der Waals surface area contributed by atoms with Gasteiger partial charge in [-0.2, -0.15) is 0 Å². The molecule has 1 saturated carbocycles. The zero-order valence-electron chi connectivity index (χ0n) is 14.7. The normalized spacial score (nSPS) is 25.0. The van der Waals surface area contributed by atoms with Crippen molar-refractivity contribution in [2.24, 2.45) is 11.3 Å². The number of amides is 2. The van der Waals surface area contributed by atoms with Crippen molar-refractivity contribution in [1.29, 1.82) is 0 Å². The predicted octanol–water partition coefficient (Wildman–Crippen LogP) is 1.29. The van der Waals surface area contributed by atoms with E-state index in [0.29, 0.717) is 43.9 Å². The maximum absolute atomic E-state index is 12.8. The number of hydrogen-bond donors (Lipinski definition) is 1. The van der Waals surface area contributed by atoms with E-state index in [1.165, 1.54) is 0 Å². The fourth-order valence-electron chi connectivity index (χ4n) is 4.45. The Morgan fingerprint density at radius 3 is 2.32 bits per heavy atom. The van der Waals surface area contributed by atoms with Crippen LogP contribution in [-0.2, 0) is 16.0 Å². The summed E-state index contributed by atoms with van der Waals surface area (Å²) in [5.41, 5.74) is 1.35. The van der Waals surface area contributed by atoms with Crippen molar-refractivity contribution in [3.63, 3.8) is 0 Å². The van der Waals surface area contributed by atoms with E-state index in [2.05, 4.69) is 5.32 Å². The fraction of sp³-hybridized carbons (Fsp3) is 0.600. The van der Waals surface area contributed by atoms with Crippen LogP contribution < -0.4 is 5.32 Å². The summed E-state index contributed by atoms with van der Waals surface area (Å²) in [6.45, 7) is 4.79. The molecule has 0 radical (unpaired) electrons. The molecule has 1 aromatic carbocycles. The molecule has 2 saturated heterocycles. The Labute approximate surface area is 149 Å². The first-order chi connectivity index (χ1) is 12.2. The number of rotatable bonds is 3. The van der Waals surface area contributed by atoms with E-state index >= 15 is 0 Å². The molecule has 134 valence electrons. The van der Waals surface area contributed by atoms with E-state index < -0.39 is 0 Å². The van der Waals surface area contributed by atoms with Gasteiger partial charge in [0, 0.05) is 32.1 Å². The smallest absolute Gasteiger partial charge is 0.227 e. The van der Waals surface area contributed by atoms with E-state index in [4.69, 9.17) is 0 Å². The Kier molecular flexibility index (Phi) is 4.50. The summed E-state index contributed by atoms with van der Waals surface area (Å²) in [5.74, 6) is 0.734. The first-order valence-electron chi connectivity index (χ1n) is 9.49. The zero-order valence-corrected chi connectivity index (χ0v) is 14.7. The Morgan fingerprint density at radius 1 is 1.00 bits per heavy atom. The lowest BCUT2D eigenvalue weighted by molar-refractivity contribution is -0.140. The van der Waals surface area contributed by atoms with Crippen molar-refractivity contribution < 1.29 is 9.59 Å². The molecule has 1 atom stereocenters. The van der Waals surface area contributed by atoms with E-state index in [0.717, 1.165) is 37.9 Å². The molecule has 2 heterocycles. The Morgan fingerprint density at radius 2 is 1.64 bits per heavy atom. The van der Waals surface area contributed by atoms with Gasteiger partial charge in [0.15, 0.2) is 0 Å². The van der Waals surface area contributed by atoms with Gasteiger partial charge in [0.1, 0.15) is 0 Å². The van der Waals surface area contributed by atoms with E-state index in [9.17, 15) is 9.59 Å². The van der Waals surface area contributed by atoms with Crippen molar-refractivity contribution in [3.05, 3.63) is 35.9 Å². The summed E-state index contributed by atoms with van der Waals surface area (Å²) in [5, 5.41) is 3.39. The number of piperidine rings is 1. The molecule has 1 aliphatic carbocycles. The maximum atomic E-state index is 12.8. The highest BCUT2D eigenvalue weighted by atomic mass is 16.2. The Bertz CT molecular complexity index is 632. The molecule has 5 heteroatoms. The number of nitrogens with one attached hydrogen (secondary N) is 1. The van der Waals surface area contributed by atoms with Crippen LogP contribution in [0.1, 0.15) is 24.8 Å². The third-order valence-electron chi connectivity index (χ3n) is 6.23. The molecule has 2 amide bonds. The van der Waals surface area contributed by atoms with Gasteiger partial charge in [-0.3, -0.25) is 9.59 Å². The lowest BCUT2D eigenvalue weighted by Crippen LogP contribution is -2.51. The quantitative estimate of drug-likeness (QED) is 0.901. The van der Waals surface area contributed by atoms with Gasteiger partial charge in [-0.15, -0.1) is 0 Å². The molecule has 1 aromatic rings. The average Bonchev–Trinajstić information content (AvgIpc) is 3.35. The summed E-state index contributed by atoms with van der Waals surface area (Å²) in [4.78, 5) is 29.2. The number of piperazine rings is 1. The van der Waals surface area contributed by atoms with Crippen LogP contribution in [-0.4, -0.2) is 60.9 Å². The lowest BCUT2D eigenvalue weighted by atomic mass is 9.91. The van der Waals surface area contributed by atoms with Gasteiger partial charge in [0.2, 0.25) is 11.8 Å². The summed E-state index contributed by atoms with van der Waals surface area (Å²) in [7, 11) is 0. The standard InChI is InChI=1S/C20H27N3O2/c24-18(14-16-4-2-1-3-5-16)22-10-12-23(13-11-22)19(25)17-15-20(17)6-8-21-9-7-20/h1-5,17,21H,6-15H2. The minimum Gasteiger partial charge on any atom is -0.339 e. The largest absolute Gasteiger partial charge is 0.339 e. The molecular formula is C20H27N3O2. The zero-order chi connectivity index (χ0) is 17.3. The van der Waals surface area contributed by atoms with Crippen molar-refractivity contribution in [2.45, 2.75) is 25.7 Å². The van der Waals surface area contributed by atoms with Gasteiger partial charge >= 0.3 is 0 Å². The molecule has 5 nitrogen and oxygen atoms in total. The van der Waals surface area contributed by atoms with Gasteiger partial charge in [0.05, 0.1) is 6.42 Å². The van der Waals surface area contributed by atoms with Gasteiger partial charge in [-0.1, -0.05) is 30.3 Å². The summed E-state index contributed by atoms with van der Waals surface area (Å²) in [6, 6.07) is 9.87. The second kappa shape index (κ2) is 6.79. The average molecular weight is 341 g/mol. The molecule has 3 aliphatic rings. The second-order valence-electron chi connectivity index (χ2n) is 7.74. The van der Waals surface area contributed by atoms with Crippen LogP contribution in [0, 0.1) is 11.3 Å². The highest BCUT2D eigenvalue weighted by molar-refractivity contribution is 5.83. The van der Waals surface area contributed by atoms with E-state index in [1.54, 1.807) is 0 Å². The number of nitrogens with zero attached hydrogens (tertiary/aromatic N) is 2. The lowest BCUT2D eigenvalue weighted by Gasteiger charge is -2.35. The van der Waals surface area contributed by atoms with Crippen molar-refractivity contribution in [3.8, 4) is 0 Å². The van der Waals surface area contributed by atoms with E-state index in [1.807, 2.05) is 40.1 Å². The van der Waals surface area contributed by atoms with Crippen LogP contribution in [0.15, 0.2) is 30.3 Å². The summed E-state index contributed by atoms with van der Waals surface area (Å²) in [6.07, 6.45) is 3.80. The number of benzene rings is 1. The minimum absolute atomic E-state index is 0.166. The first kappa shape index (κ1) is 16.6. The molecule has 1 spiro atoms. The summed E-state index contributed by atoms with van der Waals surface area (Å²) >= 11 is 0. The van der Waals surface area contributed by atoms with Crippen LogP contribution >= 0.6 is 0 Å². The first-order valence-corrected chi connectivity index (χ1v) is 9.49. The number of carbonyl (C=O) groups is 2. The second-order valence-corrected chi connectivity index (χ2v) is 7.74. The Hall–Kier alpha value is -1.88. The van der Waals surface area contributed by atoms with Crippen LogP contribution in [0.5, 0.6) is 0 Å². The van der Waals surface area contributed by atoms with E-state index in [-0.39, 0.29) is 11.8 Å². The molecule has 1 unspecified atom stereocenters. The topological polar surface area (TPSA) is 52.7 Å². The van der Waals surface area contributed by atoms with Crippen LogP contribution in [0.2, 0.25) is 0 Å². The molecule has 0 bridgehead atoms. The van der Waals surface area contributed by atoms with Crippen LogP contribution in [0.3, 0.4) is 0 Å². The molecule has 0 aromatic heterocycles. The number of hydrogen-bond acceptors (Lipinski definition) is 3. The molecule has 4 rings (SSSR count). The van der Waals surface area contributed by atoms with Gasteiger partial charge in [-0.05, 0) is 43.3 Å². The van der Waals surface area contributed by atoms with Gasteiger partial charge in [-0.25, -0.2) is 0 Å². The van der Waals surface area contributed by atoms with Crippen molar-refractivity contribution in [1.82, 2.24) is 15.1 Å². The number of carbonyl (C=O) groups excluding carboxylic acids is 2. The molecule has 25 heavy (non-hydrogen) atoms. The van der Waals surface area contributed by atoms with Crippen LogP contribution in [0.4, 0.5) is 0 Å². The summed E-state index contributed by atoms with van der Waals surface area (Å²) < 4.78 is 0. The predicted molar refractivity (Wildman–Crippen MR) is 95.9 cm³/mol. The molecule has 1 N–H and O–H groups in total. The monoisotopic (exact) mass is 341 g/mol. The molecule has 3 fully saturated rings. The maximum Gasteiger partial charge on any atom is 0.227 e. The molecular weight excluding hydrogens is 314 g/mol. The van der Waals surface area contributed by atoms with Crippen molar-refractivity contribution in [2.75, 3.05) is 39.3 Å². The van der Waals surface area contributed by atoms with Crippen LogP contribution in [0.25, 0.3) is 0 Å². The minimum atomic E-state index is 0.166. The highest BCUT2D eigenvalue weighted by Crippen LogP contribution is 2.59. The third kappa shape index (κ3) is 3.43. The highest BCUT2D eigenvalue weighted by Gasteiger charge is 2.58. The molecule has 2 aliphatic heterocycles. The SMILES string of the molecule is O=C(Cc1ccccc1)N1CCN(C(=O)C2CC23CCNCC3)CC1. The van der Waals surface area contributed by atoms with Gasteiger partial charge in [0.25, 0.3) is 0 Å². The van der Waals surface area contributed by atoms with Crippen molar-refractivity contribution >= 4 is 11.8 Å². The van der Waals surface area contributed by atoms with Gasteiger partial charge < -0.3 is 15.1 Å².